The van der Waals surface area contributed by atoms with Crippen LogP contribution in [0.1, 0.15) is 71.7 Å². The van der Waals surface area contributed by atoms with Gasteiger partial charge in [0.05, 0.1) is 24.0 Å². The maximum Gasteiger partial charge on any atom is 0.308 e. The van der Waals surface area contributed by atoms with Crippen LogP contribution in [0.5, 0.6) is 5.75 Å². The van der Waals surface area contributed by atoms with Gasteiger partial charge in [0.1, 0.15) is 5.75 Å². The van der Waals surface area contributed by atoms with Crippen LogP contribution in [0.3, 0.4) is 0 Å². The molecular formula is C25H36N6O3. The van der Waals surface area contributed by atoms with Crippen LogP contribution in [0.4, 0.5) is 11.8 Å². The van der Waals surface area contributed by atoms with Crippen LogP contribution in [0.15, 0.2) is 24.3 Å². The Morgan fingerprint density at radius 2 is 1.82 bits per heavy atom. The largest absolute Gasteiger partial charge is 0.426 e. The number of nitrogens with zero attached hydrogens (tertiary/aromatic N) is 4. The summed E-state index contributed by atoms with van der Waals surface area (Å²) in [6, 6.07) is 7.31. The summed E-state index contributed by atoms with van der Waals surface area (Å²) >= 11 is 0. The fraction of sp³-hybridized carbons (Fsp3) is 0.520. The standard InChI is InChI=1S/C25H36N6O3/c1-14(2)19(13-32)27-25-28-24(26-12-18-10-8-9-11-20(18)34-17(7)33)22-23(31(25)16(5)6)21(15(3)4)29-30-22/h8-11,14-16,19,26,32H,12-13H2,1-7H3,(H,27,28). The van der Waals surface area contributed by atoms with Crippen LogP contribution in [-0.4, -0.2) is 43.5 Å². The van der Waals surface area contributed by atoms with Crippen molar-refractivity contribution in [3.05, 3.63) is 35.5 Å². The molecule has 9 nitrogen and oxygen atoms in total. The molecule has 0 spiro atoms. The third-order valence-corrected chi connectivity index (χ3v) is 5.69. The van der Waals surface area contributed by atoms with Crippen molar-refractivity contribution in [3.8, 4) is 17.1 Å². The van der Waals surface area contributed by atoms with Crippen molar-refractivity contribution in [1.29, 1.82) is 0 Å². The van der Waals surface area contributed by atoms with E-state index in [1.54, 1.807) is 6.07 Å². The average molecular weight is 469 g/mol. The lowest BCUT2D eigenvalue weighted by Gasteiger charge is -2.28. The van der Waals surface area contributed by atoms with E-state index in [1.807, 2.05) is 18.2 Å². The Hall–Kier alpha value is -3.20. The van der Waals surface area contributed by atoms with Crippen molar-refractivity contribution >= 4 is 17.7 Å². The first-order valence-corrected chi connectivity index (χ1v) is 11.8. The van der Waals surface area contributed by atoms with E-state index in [1.165, 1.54) is 6.92 Å². The van der Waals surface area contributed by atoms with Crippen LogP contribution < -0.4 is 15.4 Å². The van der Waals surface area contributed by atoms with E-state index in [4.69, 9.17) is 9.72 Å². The van der Waals surface area contributed by atoms with Gasteiger partial charge in [-0.25, -0.2) is 0 Å². The molecule has 0 radical (unpaired) electrons. The minimum absolute atomic E-state index is 0.0114. The number of para-hydroxylation sites is 1. The highest BCUT2D eigenvalue weighted by molar-refractivity contribution is 5.75. The number of hydrogen-bond donors (Lipinski definition) is 3. The number of esters is 1. The van der Waals surface area contributed by atoms with Crippen LogP contribution in [-0.2, 0) is 11.3 Å². The maximum atomic E-state index is 11.5. The zero-order valence-electron chi connectivity index (χ0n) is 21.1. The van der Waals surface area contributed by atoms with Gasteiger partial charge < -0.3 is 25.0 Å². The summed E-state index contributed by atoms with van der Waals surface area (Å²) in [7, 11) is 0. The smallest absolute Gasteiger partial charge is 0.308 e. The van der Waals surface area contributed by atoms with Crippen LogP contribution in [0.25, 0.3) is 11.4 Å². The third kappa shape index (κ3) is 5.47. The highest BCUT2D eigenvalue weighted by atomic mass is 16.5. The number of carbonyl (C=O) groups excluding carboxylic acids is 1. The van der Waals surface area contributed by atoms with Crippen molar-refractivity contribution in [3.63, 3.8) is 0 Å². The summed E-state index contributed by atoms with van der Waals surface area (Å²) in [5.41, 5.74) is 3.31. The molecule has 0 aliphatic carbocycles. The first-order chi connectivity index (χ1) is 16.1. The molecule has 2 aliphatic heterocycles. The second-order valence-electron chi connectivity index (χ2n) is 9.42. The molecule has 1 atom stereocenters. The molecule has 1 aromatic rings. The number of fused-ring (bicyclic) bond motifs is 1. The quantitative estimate of drug-likeness (QED) is 0.295. The second kappa shape index (κ2) is 10.8. The number of rotatable bonds is 10. The number of aliphatic hydroxyl groups is 1. The Balaban J connectivity index is 2.09. The Morgan fingerprint density at radius 1 is 1.12 bits per heavy atom. The van der Waals surface area contributed by atoms with Gasteiger partial charge in [0.25, 0.3) is 0 Å². The molecule has 34 heavy (non-hydrogen) atoms. The first-order valence-electron chi connectivity index (χ1n) is 11.8. The number of aliphatic hydroxyl groups excluding tert-OH is 1. The van der Waals surface area contributed by atoms with Crippen LogP contribution in [0, 0.1) is 5.92 Å². The number of ether oxygens (including phenoxy) is 1. The summed E-state index contributed by atoms with van der Waals surface area (Å²) in [5, 5.41) is 25.7. The van der Waals surface area contributed by atoms with E-state index in [2.05, 4.69) is 66.9 Å². The Bertz CT molecular complexity index is 1090. The molecule has 0 aromatic heterocycles. The molecule has 1 aromatic carbocycles. The molecule has 3 N–H and O–H groups in total. The van der Waals surface area contributed by atoms with Gasteiger partial charge in [-0.05, 0) is 31.7 Å². The zero-order valence-corrected chi connectivity index (χ0v) is 21.1. The van der Waals surface area contributed by atoms with E-state index >= 15 is 0 Å². The minimum atomic E-state index is -0.371. The Kier molecular flexibility index (Phi) is 8.09. The molecule has 0 saturated carbocycles. The van der Waals surface area contributed by atoms with Crippen molar-refractivity contribution in [2.75, 3.05) is 17.2 Å². The lowest BCUT2D eigenvalue weighted by atomic mass is 10.0. The van der Waals surface area contributed by atoms with Crippen molar-refractivity contribution in [2.24, 2.45) is 5.92 Å². The van der Waals surface area contributed by atoms with E-state index < -0.39 is 0 Å². The number of carbonyl (C=O) groups is 1. The van der Waals surface area contributed by atoms with E-state index in [0.29, 0.717) is 29.8 Å². The van der Waals surface area contributed by atoms with Crippen molar-refractivity contribution < 1.29 is 14.6 Å². The summed E-state index contributed by atoms with van der Waals surface area (Å²) in [5.74, 6) is 1.72. The average Bonchev–Trinajstić information content (AvgIpc) is 3.21. The SMILES string of the molecule is CC(=O)Oc1ccccc1CNc1nc(NC(CO)C(C)C)n(C(C)C)c2c(C(C)C)nnc1-2. The lowest BCUT2D eigenvalue weighted by Crippen LogP contribution is -2.32. The third-order valence-electron chi connectivity index (χ3n) is 5.69. The molecular weight excluding hydrogens is 432 g/mol. The topological polar surface area (TPSA) is 114 Å². The molecule has 2 aliphatic rings. The molecule has 184 valence electrons. The molecule has 1 unspecified atom stereocenters. The molecule has 0 bridgehead atoms. The number of nitrogens with one attached hydrogen (secondary N) is 2. The predicted octanol–water partition coefficient (Wildman–Crippen LogP) is 4.45. The summed E-state index contributed by atoms with van der Waals surface area (Å²) < 4.78 is 7.46. The molecule has 2 heterocycles. The number of aromatic nitrogens is 4. The van der Waals surface area contributed by atoms with E-state index in [0.717, 1.165) is 17.0 Å². The van der Waals surface area contributed by atoms with Crippen LogP contribution >= 0.6 is 0 Å². The minimum Gasteiger partial charge on any atom is -0.426 e. The predicted molar refractivity (Wildman–Crippen MR) is 133 cm³/mol. The van der Waals surface area contributed by atoms with Gasteiger partial charge in [-0.15, -0.1) is 5.10 Å². The second-order valence-corrected chi connectivity index (χ2v) is 9.42. The lowest BCUT2D eigenvalue weighted by molar-refractivity contribution is -0.131. The monoisotopic (exact) mass is 468 g/mol. The van der Waals surface area contributed by atoms with Crippen LogP contribution in [0.2, 0.25) is 0 Å². The first kappa shape index (κ1) is 25.4. The van der Waals surface area contributed by atoms with Gasteiger partial charge >= 0.3 is 5.97 Å². The van der Waals surface area contributed by atoms with Gasteiger partial charge in [-0.1, -0.05) is 45.9 Å². The zero-order chi connectivity index (χ0) is 25.0. The molecule has 9 heteroatoms. The molecule has 0 fully saturated rings. The highest BCUT2D eigenvalue weighted by Gasteiger charge is 2.29. The number of hydrogen-bond acceptors (Lipinski definition) is 8. The molecule has 0 amide bonds. The fourth-order valence-electron chi connectivity index (χ4n) is 3.82. The molecule has 0 saturated heterocycles. The summed E-state index contributed by atoms with van der Waals surface area (Å²) in [6.07, 6.45) is 0. The maximum absolute atomic E-state index is 11.5. The summed E-state index contributed by atoms with van der Waals surface area (Å²) in [4.78, 5) is 16.4. The fourth-order valence-corrected chi connectivity index (χ4v) is 3.82. The highest BCUT2D eigenvalue weighted by Crippen LogP contribution is 2.38. The van der Waals surface area contributed by atoms with E-state index in [-0.39, 0.29) is 36.5 Å². The normalized spacial score (nSPS) is 12.6. The Morgan fingerprint density at radius 3 is 2.41 bits per heavy atom. The summed E-state index contributed by atoms with van der Waals surface area (Å²) in [6.45, 7) is 14.2. The van der Waals surface area contributed by atoms with Crippen molar-refractivity contribution in [2.45, 2.75) is 73.0 Å². The van der Waals surface area contributed by atoms with Gasteiger partial charge in [-0.2, -0.15) is 10.1 Å². The van der Waals surface area contributed by atoms with Gasteiger partial charge in [-0.3, -0.25) is 4.79 Å². The number of benzene rings is 1. The molecule has 3 rings (SSSR count). The number of anilines is 2. The van der Waals surface area contributed by atoms with Gasteiger partial charge in [0.15, 0.2) is 11.5 Å². The van der Waals surface area contributed by atoms with E-state index in [9.17, 15) is 9.90 Å². The van der Waals surface area contributed by atoms with Crippen molar-refractivity contribution in [1.82, 2.24) is 19.7 Å². The Labute approximate surface area is 201 Å². The van der Waals surface area contributed by atoms with Gasteiger partial charge in [0, 0.05) is 25.1 Å². The van der Waals surface area contributed by atoms with Gasteiger partial charge in [0.2, 0.25) is 5.95 Å².